The van der Waals surface area contributed by atoms with E-state index in [0.29, 0.717) is 12.2 Å². The van der Waals surface area contributed by atoms with E-state index in [0.717, 1.165) is 6.42 Å². The number of anilines is 1. The van der Waals surface area contributed by atoms with Crippen molar-refractivity contribution in [3.05, 3.63) is 24.0 Å². The summed E-state index contributed by atoms with van der Waals surface area (Å²) in [6.07, 6.45) is 2.64. The van der Waals surface area contributed by atoms with Crippen molar-refractivity contribution in [3.8, 4) is 0 Å². The van der Waals surface area contributed by atoms with Gasteiger partial charge in [-0.1, -0.05) is 6.92 Å². The Balaban J connectivity index is 2.34. The first kappa shape index (κ1) is 14.0. The molecule has 1 aromatic rings. The predicted molar refractivity (Wildman–Crippen MR) is 68.9 cm³/mol. The number of aromatic nitrogens is 1. The van der Waals surface area contributed by atoms with Crippen LogP contribution in [0.1, 0.15) is 30.3 Å². The van der Waals surface area contributed by atoms with Crippen molar-refractivity contribution < 1.29 is 9.59 Å². The zero-order valence-electron chi connectivity index (χ0n) is 10.4. The molecule has 0 radical (unpaired) electrons. The summed E-state index contributed by atoms with van der Waals surface area (Å²) in [5.74, 6) is -0.442. The molecular formula is C12H18N4O2. The summed E-state index contributed by atoms with van der Waals surface area (Å²) in [5.41, 5.74) is 6.13. The van der Waals surface area contributed by atoms with Crippen molar-refractivity contribution in [1.29, 1.82) is 0 Å². The van der Waals surface area contributed by atoms with Crippen molar-refractivity contribution in [2.24, 2.45) is 0 Å². The van der Waals surface area contributed by atoms with Crippen molar-refractivity contribution in [3.63, 3.8) is 0 Å². The van der Waals surface area contributed by atoms with E-state index in [2.05, 4.69) is 15.6 Å². The first-order chi connectivity index (χ1) is 8.65. The number of pyridine rings is 1. The molecule has 1 heterocycles. The molecule has 0 saturated carbocycles. The summed E-state index contributed by atoms with van der Waals surface area (Å²) < 4.78 is 0. The molecule has 6 nitrogen and oxygen atoms in total. The van der Waals surface area contributed by atoms with Gasteiger partial charge in [0, 0.05) is 25.7 Å². The maximum Gasteiger partial charge on any atom is 0.272 e. The van der Waals surface area contributed by atoms with Gasteiger partial charge in [-0.25, -0.2) is 4.98 Å². The Hall–Kier alpha value is -2.11. The molecular weight excluding hydrogens is 232 g/mol. The van der Waals surface area contributed by atoms with Crippen LogP contribution < -0.4 is 16.4 Å². The number of carbonyl (C=O) groups is 2. The van der Waals surface area contributed by atoms with Gasteiger partial charge in [0.15, 0.2) is 5.69 Å². The van der Waals surface area contributed by atoms with Crippen molar-refractivity contribution in [2.75, 3.05) is 18.8 Å². The molecule has 18 heavy (non-hydrogen) atoms. The number of nitrogens with two attached hydrogens (primary N) is 1. The fourth-order valence-electron chi connectivity index (χ4n) is 1.33. The Morgan fingerprint density at radius 1 is 1.33 bits per heavy atom. The van der Waals surface area contributed by atoms with E-state index < -0.39 is 0 Å². The maximum absolute atomic E-state index is 11.7. The Kier molecular flexibility index (Phi) is 5.63. The van der Waals surface area contributed by atoms with Crippen molar-refractivity contribution >= 4 is 17.5 Å². The molecule has 98 valence electrons. The molecule has 0 saturated heterocycles. The number of carbonyl (C=O) groups excluding carboxylic acids is 2. The lowest BCUT2D eigenvalue weighted by molar-refractivity contribution is -0.120. The van der Waals surface area contributed by atoms with E-state index in [4.69, 9.17) is 5.73 Å². The number of nitrogen functional groups attached to an aromatic ring is 1. The molecule has 6 heteroatoms. The van der Waals surface area contributed by atoms with Crippen LogP contribution in [0.3, 0.4) is 0 Å². The molecule has 4 N–H and O–H groups in total. The van der Waals surface area contributed by atoms with E-state index >= 15 is 0 Å². The summed E-state index contributed by atoms with van der Waals surface area (Å²) in [7, 11) is 0. The normalized spacial score (nSPS) is 9.83. The molecule has 0 aliphatic carbocycles. The summed E-state index contributed by atoms with van der Waals surface area (Å²) in [5, 5.41) is 5.33. The minimum atomic E-state index is -0.364. The average Bonchev–Trinajstić information content (AvgIpc) is 2.36. The van der Waals surface area contributed by atoms with E-state index in [1.54, 1.807) is 12.1 Å². The van der Waals surface area contributed by atoms with Crippen LogP contribution in [0.25, 0.3) is 0 Å². The lowest BCUT2D eigenvalue weighted by atomic mass is 10.3. The molecule has 0 aromatic carbocycles. The van der Waals surface area contributed by atoms with Gasteiger partial charge in [-0.05, 0) is 18.6 Å². The third-order valence-electron chi connectivity index (χ3n) is 2.26. The minimum absolute atomic E-state index is 0.0776. The van der Waals surface area contributed by atoms with Gasteiger partial charge in [0.2, 0.25) is 5.91 Å². The zero-order valence-corrected chi connectivity index (χ0v) is 10.4. The van der Waals surface area contributed by atoms with E-state index in [9.17, 15) is 9.59 Å². The largest absolute Gasteiger partial charge is 0.397 e. The highest BCUT2D eigenvalue weighted by Crippen LogP contribution is 2.05. The standard InChI is InChI=1S/C12H18N4O2/c1-2-6-14-10(17)5-8-16-12(18)11-9(13)4-3-7-15-11/h3-4,7H,2,5-6,8,13H2,1H3,(H,14,17)(H,16,18). The van der Waals surface area contributed by atoms with Gasteiger partial charge < -0.3 is 16.4 Å². The second-order valence-corrected chi connectivity index (χ2v) is 3.80. The molecule has 0 spiro atoms. The first-order valence-corrected chi connectivity index (χ1v) is 5.90. The second kappa shape index (κ2) is 7.26. The topological polar surface area (TPSA) is 97.1 Å². The smallest absolute Gasteiger partial charge is 0.272 e. The molecule has 0 atom stereocenters. The molecule has 1 aromatic heterocycles. The predicted octanol–water partition coefficient (Wildman–Crippen LogP) is 0.310. The number of hydrogen-bond acceptors (Lipinski definition) is 4. The Morgan fingerprint density at radius 2 is 2.11 bits per heavy atom. The molecule has 0 unspecified atom stereocenters. The third-order valence-corrected chi connectivity index (χ3v) is 2.26. The van der Waals surface area contributed by atoms with Gasteiger partial charge in [-0.2, -0.15) is 0 Å². The number of rotatable bonds is 6. The van der Waals surface area contributed by atoms with Crippen LogP contribution in [-0.4, -0.2) is 29.9 Å². The van der Waals surface area contributed by atoms with Crippen LogP contribution in [0, 0.1) is 0 Å². The van der Waals surface area contributed by atoms with Gasteiger partial charge in [-0.3, -0.25) is 9.59 Å². The fourth-order valence-corrected chi connectivity index (χ4v) is 1.33. The summed E-state index contributed by atoms with van der Waals surface area (Å²) in [6, 6.07) is 3.26. The van der Waals surface area contributed by atoms with Gasteiger partial charge in [0.1, 0.15) is 0 Å². The summed E-state index contributed by atoms with van der Waals surface area (Å²) >= 11 is 0. The van der Waals surface area contributed by atoms with E-state index in [1.165, 1.54) is 6.20 Å². The van der Waals surface area contributed by atoms with E-state index in [-0.39, 0.29) is 30.5 Å². The third kappa shape index (κ3) is 4.40. The minimum Gasteiger partial charge on any atom is -0.397 e. The monoisotopic (exact) mass is 250 g/mol. The maximum atomic E-state index is 11.7. The van der Waals surface area contributed by atoms with Gasteiger partial charge >= 0.3 is 0 Å². The second-order valence-electron chi connectivity index (χ2n) is 3.80. The van der Waals surface area contributed by atoms with Crippen LogP contribution >= 0.6 is 0 Å². The Bertz CT molecular complexity index is 420. The number of amides is 2. The van der Waals surface area contributed by atoms with Gasteiger partial charge in [0.25, 0.3) is 5.91 Å². The Labute approximate surface area is 106 Å². The first-order valence-electron chi connectivity index (χ1n) is 5.90. The SMILES string of the molecule is CCCNC(=O)CCNC(=O)c1ncccc1N. The Morgan fingerprint density at radius 3 is 2.78 bits per heavy atom. The molecule has 0 bridgehead atoms. The number of hydrogen-bond donors (Lipinski definition) is 3. The van der Waals surface area contributed by atoms with Crippen LogP contribution in [0.2, 0.25) is 0 Å². The highest BCUT2D eigenvalue weighted by atomic mass is 16.2. The summed E-state index contributed by atoms with van der Waals surface area (Å²) in [6.45, 7) is 2.90. The van der Waals surface area contributed by atoms with Gasteiger partial charge in [0.05, 0.1) is 5.69 Å². The summed E-state index contributed by atoms with van der Waals surface area (Å²) in [4.78, 5) is 26.8. The molecule has 2 amide bonds. The van der Waals surface area contributed by atoms with E-state index in [1.807, 2.05) is 6.92 Å². The number of nitrogens with one attached hydrogen (secondary N) is 2. The average molecular weight is 250 g/mol. The molecule has 0 aliphatic heterocycles. The lowest BCUT2D eigenvalue weighted by Gasteiger charge is -2.06. The van der Waals surface area contributed by atoms with Crippen LogP contribution in [0.15, 0.2) is 18.3 Å². The number of nitrogens with zero attached hydrogens (tertiary/aromatic N) is 1. The molecule has 1 rings (SSSR count). The van der Waals surface area contributed by atoms with Crippen molar-refractivity contribution in [1.82, 2.24) is 15.6 Å². The molecule has 0 fully saturated rings. The van der Waals surface area contributed by atoms with Crippen LogP contribution in [-0.2, 0) is 4.79 Å². The molecule has 0 aliphatic rings. The quantitative estimate of drug-likeness (QED) is 0.677. The van der Waals surface area contributed by atoms with Crippen LogP contribution in [0.4, 0.5) is 5.69 Å². The lowest BCUT2D eigenvalue weighted by Crippen LogP contribution is -2.31. The fraction of sp³-hybridized carbons (Fsp3) is 0.417. The highest BCUT2D eigenvalue weighted by Gasteiger charge is 2.10. The van der Waals surface area contributed by atoms with Crippen molar-refractivity contribution in [2.45, 2.75) is 19.8 Å². The highest BCUT2D eigenvalue weighted by molar-refractivity contribution is 5.97. The zero-order chi connectivity index (χ0) is 13.4. The van der Waals surface area contributed by atoms with Gasteiger partial charge in [-0.15, -0.1) is 0 Å². The van der Waals surface area contributed by atoms with Crippen LogP contribution in [0.5, 0.6) is 0 Å².